The van der Waals surface area contributed by atoms with E-state index >= 15 is 0 Å². The molecule has 17 heavy (non-hydrogen) atoms. The zero-order valence-electron chi connectivity index (χ0n) is 10.9. The summed E-state index contributed by atoms with van der Waals surface area (Å²) in [5.41, 5.74) is 10.3. The van der Waals surface area contributed by atoms with E-state index < -0.39 is 5.91 Å². The number of allylic oxidation sites excluding steroid dienone is 1. The van der Waals surface area contributed by atoms with Crippen molar-refractivity contribution in [3.05, 3.63) is 24.3 Å². The fourth-order valence-corrected chi connectivity index (χ4v) is 0.827. The molecule has 98 valence electrons. The number of hydrogen-bond acceptors (Lipinski definition) is 3. The van der Waals surface area contributed by atoms with Gasteiger partial charge < -0.3 is 16.4 Å². The Hall–Kier alpha value is -1.62. The monoisotopic (exact) mass is 241 g/mol. The number of hydrogen-bond donors (Lipinski definition) is 2. The Morgan fingerprint density at radius 2 is 1.76 bits per heavy atom. The van der Waals surface area contributed by atoms with E-state index in [1.165, 1.54) is 0 Å². The summed E-state index contributed by atoms with van der Waals surface area (Å²) in [5, 5.41) is 0. The largest absolute Gasteiger partial charge is 0.366 e. The third kappa shape index (κ3) is 17.0. The quantitative estimate of drug-likeness (QED) is 0.521. The predicted molar refractivity (Wildman–Crippen MR) is 70.1 cm³/mol. The Kier molecular flexibility index (Phi) is 11.4. The summed E-state index contributed by atoms with van der Waals surface area (Å²) < 4.78 is 0. The van der Waals surface area contributed by atoms with E-state index in [2.05, 4.69) is 17.2 Å². The Labute approximate surface area is 103 Å². The van der Waals surface area contributed by atoms with Crippen LogP contribution < -0.4 is 11.5 Å². The van der Waals surface area contributed by atoms with Gasteiger partial charge in [0.1, 0.15) is 0 Å². The highest BCUT2D eigenvalue weighted by Crippen LogP contribution is 1.97. The molecule has 0 bridgehead atoms. The van der Waals surface area contributed by atoms with Crippen molar-refractivity contribution in [2.75, 3.05) is 20.6 Å². The van der Waals surface area contributed by atoms with Crippen molar-refractivity contribution in [2.45, 2.75) is 19.8 Å². The summed E-state index contributed by atoms with van der Waals surface area (Å²) in [5.74, 6) is -0.801. The van der Waals surface area contributed by atoms with Gasteiger partial charge in [-0.25, -0.2) is 0 Å². The summed E-state index contributed by atoms with van der Waals surface area (Å²) in [6, 6.07) is 0. The van der Waals surface area contributed by atoms with Crippen LogP contribution in [0.2, 0.25) is 0 Å². The van der Waals surface area contributed by atoms with Crippen molar-refractivity contribution in [3.63, 3.8) is 0 Å². The van der Waals surface area contributed by atoms with Crippen molar-refractivity contribution < 1.29 is 9.59 Å². The molecule has 0 heterocycles. The van der Waals surface area contributed by atoms with Crippen LogP contribution in [0.15, 0.2) is 24.3 Å². The van der Waals surface area contributed by atoms with Crippen LogP contribution in [0.3, 0.4) is 0 Å². The molecule has 0 unspecified atom stereocenters. The van der Waals surface area contributed by atoms with Crippen LogP contribution in [0.5, 0.6) is 0 Å². The molecule has 0 saturated carbocycles. The molecule has 0 aromatic heterocycles. The summed E-state index contributed by atoms with van der Waals surface area (Å²) in [6.07, 6.45) is 4.94. The van der Waals surface area contributed by atoms with Gasteiger partial charge in [0.05, 0.1) is 0 Å². The molecule has 0 aliphatic carbocycles. The highest BCUT2D eigenvalue weighted by Gasteiger charge is 1.95. The topological polar surface area (TPSA) is 89.4 Å². The van der Waals surface area contributed by atoms with Gasteiger partial charge >= 0.3 is 0 Å². The van der Waals surface area contributed by atoms with E-state index in [4.69, 9.17) is 5.73 Å². The molecule has 0 aliphatic rings. The predicted octanol–water partition coefficient (Wildman–Crippen LogP) is 0.418. The Morgan fingerprint density at radius 3 is 2.06 bits per heavy atom. The molecule has 0 aromatic rings. The van der Waals surface area contributed by atoms with Crippen molar-refractivity contribution in [1.29, 1.82) is 0 Å². The first kappa shape index (κ1) is 17.8. The molecular weight excluding hydrogens is 218 g/mol. The Balaban J connectivity index is 0. The van der Waals surface area contributed by atoms with Crippen LogP contribution in [-0.2, 0) is 9.59 Å². The maximum atomic E-state index is 10.6. The third-order valence-corrected chi connectivity index (χ3v) is 1.85. The lowest BCUT2D eigenvalue weighted by Gasteiger charge is -2.06. The average Bonchev–Trinajstić information content (AvgIpc) is 2.24. The lowest BCUT2D eigenvalue weighted by Crippen LogP contribution is -2.13. The molecule has 0 aliphatic heterocycles. The number of rotatable bonds is 6. The maximum absolute atomic E-state index is 10.6. The van der Waals surface area contributed by atoms with Crippen LogP contribution in [0.1, 0.15) is 19.8 Å². The van der Waals surface area contributed by atoms with Gasteiger partial charge in [0.15, 0.2) is 0 Å². The second-order valence-electron chi connectivity index (χ2n) is 3.80. The number of carbonyl (C=O) groups excluding carboxylic acids is 2. The van der Waals surface area contributed by atoms with Crippen LogP contribution >= 0.6 is 0 Å². The zero-order valence-corrected chi connectivity index (χ0v) is 10.9. The molecule has 0 rings (SSSR count). The Morgan fingerprint density at radius 1 is 1.29 bits per heavy atom. The van der Waals surface area contributed by atoms with E-state index in [-0.39, 0.29) is 5.91 Å². The molecule has 5 nitrogen and oxygen atoms in total. The Bertz CT molecular complexity index is 283. The van der Waals surface area contributed by atoms with Crippen LogP contribution in [0.25, 0.3) is 0 Å². The molecule has 4 N–H and O–H groups in total. The molecule has 5 heteroatoms. The van der Waals surface area contributed by atoms with Crippen molar-refractivity contribution in [1.82, 2.24) is 4.90 Å². The van der Waals surface area contributed by atoms with Crippen molar-refractivity contribution >= 4 is 11.8 Å². The van der Waals surface area contributed by atoms with Crippen LogP contribution in [0, 0.1) is 0 Å². The SMILES string of the molecule is C=CC(N)=O.CC(=CCCCN(C)C)C(N)=O. The molecule has 0 saturated heterocycles. The van der Waals surface area contributed by atoms with E-state index in [9.17, 15) is 9.59 Å². The van der Waals surface area contributed by atoms with Gasteiger partial charge in [-0.05, 0) is 46.5 Å². The fraction of sp³-hybridized carbons (Fsp3) is 0.500. The van der Waals surface area contributed by atoms with Gasteiger partial charge in [0.2, 0.25) is 11.8 Å². The number of amides is 2. The average molecular weight is 241 g/mol. The molecule has 0 radical (unpaired) electrons. The minimum absolute atomic E-state index is 0.320. The summed E-state index contributed by atoms with van der Waals surface area (Å²) in [7, 11) is 4.06. The van der Waals surface area contributed by atoms with Gasteiger partial charge in [-0.3, -0.25) is 9.59 Å². The number of nitrogens with two attached hydrogens (primary N) is 2. The van der Waals surface area contributed by atoms with Crippen LogP contribution in [0.4, 0.5) is 0 Å². The van der Waals surface area contributed by atoms with Crippen molar-refractivity contribution in [3.8, 4) is 0 Å². The van der Waals surface area contributed by atoms with Gasteiger partial charge in [-0.2, -0.15) is 0 Å². The first-order valence-electron chi connectivity index (χ1n) is 5.34. The first-order valence-corrected chi connectivity index (χ1v) is 5.34. The van der Waals surface area contributed by atoms with Gasteiger partial charge in [-0.1, -0.05) is 12.7 Å². The fourth-order valence-electron chi connectivity index (χ4n) is 0.827. The number of unbranched alkanes of at least 4 members (excludes halogenated alkanes) is 1. The second kappa shape index (κ2) is 10.9. The maximum Gasteiger partial charge on any atom is 0.244 e. The smallest absolute Gasteiger partial charge is 0.244 e. The summed E-state index contributed by atoms with van der Waals surface area (Å²) in [6.45, 7) is 5.88. The summed E-state index contributed by atoms with van der Waals surface area (Å²) in [4.78, 5) is 22.2. The lowest BCUT2D eigenvalue weighted by molar-refractivity contribution is -0.115. The molecule has 0 spiro atoms. The molecule has 0 aromatic carbocycles. The minimum Gasteiger partial charge on any atom is -0.366 e. The van der Waals surface area contributed by atoms with Gasteiger partial charge in [-0.15, -0.1) is 0 Å². The summed E-state index contributed by atoms with van der Waals surface area (Å²) >= 11 is 0. The van der Waals surface area contributed by atoms with Crippen LogP contribution in [-0.4, -0.2) is 37.4 Å². The second-order valence-corrected chi connectivity index (χ2v) is 3.80. The number of carbonyl (C=O) groups is 2. The highest BCUT2D eigenvalue weighted by molar-refractivity contribution is 5.91. The van der Waals surface area contributed by atoms with Gasteiger partial charge in [0.25, 0.3) is 0 Å². The van der Waals surface area contributed by atoms with E-state index in [0.717, 1.165) is 25.5 Å². The first-order chi connectivity index (χ1) is 7.81. The van der Waals surface area contributed by atoms with E-state index in [1.807, 2.05) is 20.2 Å². The molecule has 0 fully saturated rings. The minimum atomic E-state index is -0.481. The van der Waals surface area contributed by atoms with Crippen molar-refractivity contribution in [2.24, 2.45) is 11.5 Å². The highest BCUT2D eigenvalue weighted by atomic mass is 16.1. The number of primary amides is 2. The number of nitrogens with zero attached hydrogens (tertiary/aromatic N) is 1. The molecular formula is C12H23N3O2. The molecule has 2 amide bonds. The molecule has 0 atom stereocenters. The third-order valence-electron chi connectivity index (χ3n) is 1.85. The standard InChI is InChI=1S/C9H18N2O.C3H5NO/c1-8(9(10)12)6-4-5-7-11(2)3;1-2-3(4)5/h6H,4-5,7H2,1-3H3,(H2,10,12);2H,1H2,(H2,4,5). The zero-order chi connectivity index (χ0) is 13.8. The van der Waals surface area contributed by atoms with Gasteiger partial charge in [0, 0.05) is 5.57 Å². The van der Waals surface area contributed by atoms with E-state index in [0.29, 0.717) is 5.57 Å². The lowest BCUT2D eigenvalue weighted by atomic mass is 10.2. The normalized spacial score (nSPS) is 10.5. The van der Waals surface area contributed by atoms with E-state index in [1.54, 1.807) is 6.92 Å².